The Bertz CT molecular complexity index is 339. The van der Waals surface area contributed by atoms with E-state index in [-0.39, 0.29) is 5.56 Å². The molecule has 0 aliphatic rings. The second-order valence-corrected chi connectivity index (χ2v) is 3.91. The fourth-order valence-corrected chi connectivity index (χ4v) is 1.47. The van der Waals surface area contributed by atoms with Crippen LogP contribution in [0, 0.1) is 5.82 Å². The molecule has 0 bridgehead atoms. The van der Waals surface area contributed by atoms with Crippen LogP contribution in [0.25, 0.3) is 0 Å². The lowest BCUT2D eigenvalue weighted by Gasteiger charge is -2.09. The lowest BCUT2D eigenvalue weighted by molar-refractivity contribution is 0.183. The summed E-state index contributed by atoms with van der Waals surface area (Å²) in [7, 11) is 1.66. The number of halogens is 1. The molecule has 0 unspecified atom stereocenters. The lowest BCUT2D eigenvalue weighted by atomic mass is 10.1. The molecule has 0 heterocycles. The molecule has 0 amide bonds. The van der Waals surface area contributed by atoms with E-state index < -0.39 is 11.9 Å². The highest BCUT2D eigenvalue weighted by atomic mass is 19.1. The zero-order valence-electron chi connectivity index (χ0n) is 10.3. The number of benzene rings is 1. The average Bonchev–Trinajstić information content (AvgIpc) is 2.28. The average molecular weight is 242 g/mol. The highest BCUT2D eigenvalue weighted by Crippen LogP contribution is 2.21. The van der Waals surface area contributed by atoms with Crippen LogP contribution < -0.4 is 4.74 Å². The van der Waals surface area contributed by atoms with Gasteiger partial charge in [-0.25, -0.2) is 4.39 Å². The van der Waals surface area contributed by atoms with Gasteiger partial charge in [-0.3, -0.25) is 0 Å². The molecular weight excluding hydrogens is 223 g/mol. The van der Waals surface area contributed by atoms with Crippen LogP contribution in [-0.2, 0) is 4.74 Å². The van der Waals surface area contributed by atoms with Crippen LogP contribution in [-0.4, -0.2) is 25.4 Å². The predicted octanol–water partition coefficient (Wildman–Crippen LogP) is 2.68. The first-order chi connectivity index (χ1) is 8.15. The van der Waals surface area contributed by atoms with E-state index in [1.807, 2.05) is 0 Å². The Morgan fingerprint density at radius 1 is 1.29 bits per heavy atom. The Balaban J connectivity index is 2.42. The van der Waals surface area contributed by atoms with E-state index in [1.165, 1.54) is 13.0 Å². The van der Waals surface area contributed by atoms with Crippen molar-refractivity contribution in [3.05, 3.63) is 29.6 Å². The van der Waals surface area contributed by atoms with Gasteiger partial charge in [0.25, 0.3) is 0 Å². The SMILES string of the molecule is COCCCCOc1ccc([C@@H](C)O)c(F)c1. The van der Waals surface area contributed by atoms with Gasteiger partial charge in [0.2, 0.25) is 0 Å². The van der Waals surface area contributed by atoms with Crippen molar-refractivity contribution >= 4 is 0 Å². The summed E-state index contributed by atoms with van der Waals surface area (Å²) in [5, 5.41) is 9.27. The van der Waals surface area contributed by atoms with Crippen molar-refractivity contribution < 1.29 is 19.0 Å². The molecule has 17 heavy (non-hydrogen) atoms. The molecule has 0 saturated carbocycles. The summed E-state index contributed by atoms with van der Waals surface area (Å²) in [5.74, 6) is 0.0544. The summed E-state index contributed by atoms with van der Waals surface area (Å²) in [6.07, 6.45) is 0.990. The standard InChI is InChI=1S/C13H19FO3/c1-10(15)12-6-5-11(9-13(12)14)17-8-4-3-7-16-2/h5-6,9-10,15H,3-4,7-8H2,1-2H3/t10-/m1/s1. The van der Waals surface area contributed by atoms with Gasteiger partial charge in [-0.1, -0.05) is 0 Å². The predicted molar refractivity (Wildman–Crippen MR) is 63.6 cm³/mol. The first kappa shape index (κ1) is 13.9. The molecule has 1 atom stereocenters. The van der Waals surface area contributed by atoms with E-state index >= 15 is 0 Å². The summed E-state index contributed by atoms with van der Waals surface area (Å²) in [6, 6.07) is 4.52. The van der Waals surface area contributed by atoms with Crippen LogP contribution in [0.1, 0.15) is 31.4 Å². The van der Waals surface area contributed by atoms with Crippen LogP contribution in [0.5, 0.6) is 5.75 Å². The van der Waals surface area contributed by atoms with Crippen LogP contribution in [0.4, 0.5) is 4.39 Å². The fraction of sp³-hybridized carbons (Fsp3) is 0.538. The lowest BCUT2D eigenvalue weighted by Crippen LogP contribution is -2.01. The topological polar surface area (TPSA) is 38.7 Å². The van der Waals surface area contributed by atoms with Crippen molar-refractivity contribution in [2.75, 3.05) is 20.3 Å². The number of aliphatic hydroxyl groups excluding tert-OH is 1. The first-order valence-corrected chi connectivity index (χ1v) is 5.74. The smallest absolute Gasteiger partial charge is 0.132 e. The van der Waals surface area contributed by atoms with Gasteiger partial charge >= 0.3 is 0 Å². The Hall–Kier alpha value is -1.13. The third-order valence-electron chi connectivity index (χ3n) is 2.43. The molecule has 0 fully saturated rings. The zero-order valence-corrected chi connectivity index (χ0v) is 10.3. The number of rotatable bonds is 7. The molecule has 1 rings (SSSR count). The van der Waals surface area contributed by atoms with Crippen molar-refractivity contribution in [1.82, 2.24) is 0 Å². The van der Waals surface area contributed by atoms with E-state index in [9.17, 15) is 9.50 Å². The third kappa shape index (κ3) is 4.71. The highest BCUT2D eigenvalue weighted by molar-refractivity contribution is 5.29. The second-order valence-electron chi connectivity index (χ2n) is 3.91. The molecule has 0 spiro atoms. The Morgan fingerprint density at radius 2 is 2.00 bits per heavy atom. The van der Waals surface area contributed by atoms with Crippen molar-refractivity contribution in [2.24, 2.45) is 0 Å². The minimum Gasteiger partial charge on any atom is -0.493 e. The summed E-state index contributed by atoms with van der Waals surface area (Å²) in [6.45, 7) is 2.78. The molecular formula is C13H19FO3. The van der Waals surface area contributed by atoms with E-state index in [1.54, 1.807) is 19.2 Å². The maximum atomic E-state index is 13.5. The number of hydrogen-bond acceptors (Lipinski definition) is 3. The molecule has 0 radical (unpaired) electrons. The van der Waals surface area contributed by atoms with Gasteiger partial charge in [0.15, 0.2) is 0 Å². The zero-order chi connectivity index (χ0) is 12.7. The van der Waals surface area contributed by atoms with Gasteiger partial charge in [0.1, 0.15) is 11.6 Å². The van der Waals surface area contributed by atoms with Gasteiger partial charge in [-0.15, -0.1) is 0 Å². The Kier molecular flexibility index (Phi) is 5.94. The summed E-state index contributed by atoms with van der Waals surface area (Å²) >= 11 is 0. The summed E-state index contributed by atoms with van der Waals surface area (Å²) < 4.78 is 23.8. The molecule has 3 nitrogen and oxygen atoms in total. The van der Waals surface area contributed by atoms with Gasteiger partial charge in [-0.2, -0.15) is 0 Å². The van der Waals surface area contributed by atoms with E-state index in [0.717, 1.165) is 12.8 Å². The normalized spacial score (nSPS) is 12.5. The molecule has 4 heteroatoms. The molecule has 0 aliphatic heterocycles. The molecule has 0 saturated heterocycles. The van der Waals surface area contributed by atoms with Crippen LogP contribution in [0.15, 0.2) is 18.2 Å². The van der Waals surface area contributed by atoms with E-state index in [0.29, 0.717) is 19.0 Å². The number of hydrogen-bond donors (Lipinski definition) is 1. The maximum Gasteiger partial charge on any atom is 0.132 e. The summed E-state index contributed by atoms with van der Waals surface area (Å²) in [5.41, 5.74) is 0.289. The molecule has 1 aromatic carbocycles. The number of ether oxygens (including phenoxy) is 2. The molecule has 1 N–H and O–H groups in total. The molecule has 96 valence electrons. The summed E-state index contributed by atoms with van der Waals surface area (Å²) in [4.78, 5) is 0. The Morgan fingerprint density at radius 3 is 2.59 bits per heavy atom. The molecule has 0 aromatic heterocycles. The van der Waals surface area contributed by atoms with Crippen LogP contribution in [0.3, 0.4) is 0 Å². The molecule has 0 aliphatic carbocycles. The van der Waals surface area contributed by atoms with Gasteiger partial charge in [0.05, 0.1) is 12.7 Å². The maximum absolute atomic E-state index is 13.5. The third-order valence-corrected chi connectivity index (χ3v) is 2.43. The number of aliphatic hydroxyl groups is 1. The van der Waals surface area contributed by atoms with Gasteiger partial charge < -0.3 is 14.6 Å². The van der Waals surface area contributed by atoms with E-state index in [4.69, 9.17) is 9.47 Å². The van der Waals surface area contributed by atoms with Gasteiger partial charge in [-0.05, 0) is 31.9 Å². The van der Waals surface area contributed by atoms with E-state index in [2.05, 4.69) is 0 Å². The van der Waals surface area contributed by atoms with Crippen molar-refractivity contribution in [3.8, 4) is 5.75 Å². The Labute approximate surface area is 101 Å². The fourth-order valence-electron chi connectivity index (χ4n) is 1.47. The monoisotopic (exact) mass is 242 g/mol. The number of methoxy groups -OCH3 is 1. The highest BCUT2D eigenvalue weighted by Gasteiger charge is 2.08. The van der Waals surface area contributed by atoms with Gasteiger partial charge in [0, 0.05) is 25.3 Å². The quantitative estimate of drug-likeness (QED) is 0.747. The number of unbranched alkanes of at least 4 members (excludes halogenated alkanes) is 1. The van der Waals surface area contributed by atoms with Crippen molar-refractivity contribution in [1.29, 1.82) is 0 Å². The minimum absolute atomic E-state index is 0.289. The molecule has 1 aromatic rings. The van der Waals surface area contributed by atoms with Crippen LogP contribution in [0.2, 0.25) is 0 Å². The minimum atomic E-state index is -0.800. The van der Waals surface area contributed by atoms with Crippen molar-refractivity contribution in [3.63, 3.8) is 0 Å². The van der Waals surface area contributed by atoms with Crippen LogP contribution >= 0.6 is 0 Å². The first-order valence-electron chi connectivity index (χ1n) is 5.74. The second kappa shape index (κ2) is 7.25. The van der Waals surface area contributed by atoms with Crippen molar-refractivity contribution in [2.45, 2.75) is 25.9 Å². The largest absolute Gasteiger partial charge is 0.493 e.